The number of ether oxygens (including phenoxy) is 1. The highest BCUT2D eigenvalue weighted by Gasteiger charge is 2.49. The zero-order valence-electron chi connectivity index (χ0n) is 16.5. The molecule has 0 radical (unpaired) electrons. The highest BCUT2D eigenvalue weighted by atomic mass is 35.5. The minimum absolute atomic E-state index is 0.227. The van der Waals surface area contributed by atoms with Crippen LogP contribution in [-0.2, 0) is 16.8 Å². The summed E-state index contributed by atoms with van der Waals surface area (Å²) in [5, 5.41) is 0.554. The van der Waals surface area contributed by atoms with Gasteiger partial charge in [-0.25, -0.2) is 0 Å². The number of fused-ring (bicyclic) bond motifs is 1. The molecule has 4 rings (SSSR count). The fraction of sp³-hybridized carbons (Fsp3) is 0.208. The van der Waals surface area contributed by atoms with Crippen molar-refractivity contribution >= 4 is 34.8 Å². The Balaban J connectivity index is 1.83. The second-order valence-corrected chi connectivity index (χ2v) is 8.55. The van der Waals surface area contributed by atoms with Gasteiger partial charge in [0.15, 0.2) is 11.6 Å². The molecule has 1 unspecified atom stereocenters. The minimum Gasteiger partial charge on any atom is -0.487 e. The molecule has 3 aromatic rings. The van der Waals surface area contributed by atoms with Gasteiger partial charge in [-0.2, -0.15) is 0 Å². The summed E-state index contributed by atoms with van der Waals surface area (Å²) in [5.41, 5.74) is 1.16. The number of aromatic nitrogens is 1. The molecule has 1 aliphatic carbocycles. The van der Waals surface area contributed by atoms with Gasteiger partial charge in [-0.1, -0.05) is 53.5 Å². The minimum atomic E-state index is -1.12. The zero-order valence-corrected chi connectivity index (χ0v) is 18.0. The summed E-state index contributed by atoms with van der Waals surface area (Å²) in [7, 11) is 0. The number of ketones is 2. The number of benzene rings is 2. The van der Waals surface area contributed by atoms with E-state index in [0.29, 0.717) is 21.8 Å². The Hall–Kier alpha value is -2.69. The Morgan fingerprint density at radius 3 is 2.40 bits per heavy atom. The van der Waals surface area contributed by atoms with Gasteiger partial charge in [0.1, 0.15) is 18.3 Å². The standard InChI is InChI=1S/C24H19Cl2NO3/c1-24(2)22-15(9-6-12-27-22)20(28)19(23(24)29)18-16(25)10-11-17(26)21(18)30-13-14-7-4-3-5-8-14/h3-12,19H,13H2,1-2H3. The Morgan fingerprint density at radius 1 is 0.967 bits per heavy atom. The molecule has 4 nitrogen and oxygen atoms in total. The molecule has 6 heteroatoms. The first kappa shape index (κ1) is 20.6. The summed E-state index contributed by atoms with van der Waals surface area (Å²) in [6, 6.07) is 16.1. The lowest BCUT2D eigenvalue weighted by atomic mass is 9.67. The quantitative estimate of drug-likeness (QED) is 0.482. The van der Waals surface area contributed by atoms with Crippen LogP contribution in [0.2, 0.25) is 10.0 Å². The van der Waals surface area contributed by atoms with Crippen LogP contribution in [0.3, 0.4) is 0 Å². The van der Waals surface area contributed by atoms with Crippen LogP contribution in [0.5, 0.6) is 5.75 Å². The van der Waals surface area contributed by atoms with E-state index >= 15 is 0 Å². The van der Waals surface area contributed by atoms with Crippen molar-refractivity contribution in [2.45, 2.75) is 31.8 Å². The van der Waals surface area contributed by atoms with Crippen molar-refractivity contribution in [3.63, 3.8) is 0 Å². The van der Waals surface area contributed by atoms with Gasteiger partial charge < -0.3 is 4.74 Å². The van der Waals surface area contributed by atoms with Crippen LogP contribution in [0.4, 0.5) is 0 Å². The lowest BCUT2D eigenvalue weighted by Gasteiger charge is -2.34. The van der Waals surface area contributed by atoms with Gasteiger partial charge in [0, 0.05) is 22.3 Å². The van der Waals surface area contributed by atoms with E-state index < -0.39 is 11.3 Å². The van der Waals surface area contributed by atoms with Crippen LogP contribution in [0.25, 0.3) is 0 Å². The Labute approximate surface area is 184 Å². The average Bonchev–Trinajstić information content (AvgIpc) is 2.75. The summed E-state index contributed by atoms with van der Waals surface area (Å²) >= 11 is 12.9. The second kappa shape index (κ2) is 7.86. The fourth-order valence-electron chi connectivity index (χ4n) is 3.81. The largest absolute Gasteiger partial charge is 0.487 e. The molecule has 1 aliphatic rings. The van der Waals surface area contributed by atoms with E-state index in [4.69, 9.17) is 27.9 Å². The monoisotopic (exact) mass is 439 g/mol. The lowest BCUT2D eigenvalue weighted by molar-refractivity contribution is -0.124. The molecule has 30 heavy (non-hydrogen) atoms. The summed E-state index contributed by atoms with van der Waals surface area (Å²) in [6.07, 6.45) is 1.59. The van der Waals surface area contributed by atoms with E-state index in [0.717, 1.165) is 5.56 Å². The first-order valence-corrected chi connectivity index (χ1v) is 10.3. The van der Waals surface area contributed by atoms with E-state index in [1.807, 2.05) is 30.3 Å². The molecule has 0 amide bonds. The molecule has 0 bridgehead atoms. The predicted octanol–water partition coefficient (Wildman–Crippen LogP) is 5.79. The Bertz CT molecular complexity index is 1140. The van der Waals surface area contributed by atoms with Gasteiger partial charge in [-0.3, -0.25) is 14.6 Å². The van der Waals surface area contributed by atoms with Crippen molar-refractivity contribution in [1.29, 1.82) is 0 Å². The van der Waals surface area contributed by atoms with Crippen LogP contribution in [-0.4, -0.2) is 16.6 Å². The van der Waals surface area contributed by atoms with E-state index in [-0.39, 0.29) is 28.9 Å². The predicted molar refractivity (Wildman–Crippen MR) is 117 cm³/mol. The van der Waals surface area contributed by atoms with Crippen LogP contribution in [0.15, 0.2) is 60.8 Å². The van der Waals surface area contributed by atoms with Crippen LogP contribution in [0, 0.1) is 0 Å². The van der Waals surface area contributed by atoms with Crippen LogP contribution >= 0.6 is 23.2 Å². The summed E-state index contributed by atoms with van der Waals surface area (Å²) in [4.78, 5) is 31.2. The van der Waals surface area contributed by atoms with Gasteiger partial charge in [0.05, 0.1) is 16.1 Å². The van der Waals surface area contributed by atoms with Gasteiger partial charge in [0.2, 0.25) is 0 Å². The highest BCUT2D eigenvalue weighted by molar-refractivity contribution is 6.36. The first-order chi connectivity index (χ1) is 14.3. The molecule has 152 valence electrons. The molecule has 0 aliphatic heterocycles. The molecule has 1 aromatic heterocycles. The SMILES string of the molecule is CC1(C)C(=O)C(c2c(Cl)ccc(Cl)c2OCc2ccccc2)C(=O)c2cccnc21. The van der Waals surface area contributed by atoms with Crippen molar-refractivity contribution in [2.24, 2.45) is 0 Å². The van der Waals surface area contributed by atoms with Crippen molar-refractivity contribution in [3.8, 4) is 5.75 Å². The molecule has 0 fully saturated rings. The third kappa shape index (κ3) is 3.40. The molecule has 0 spiro atoms. The second-order valence-electron chi connectivity index (χ2n) is 7.73. The number of carbonyl (C=O) groups excluding carboxylic acids is 2. The number of Topliss-reactive ketones (excluding diaryl/α,β-unsaturated/α-hetero) is 2. The molecule has 1 atom stereocenters. The molecular weight excluding hydrogens is 421 g/mol. The lowest BCUT2D eigenvalue weighted by Crippen LogP contribution is -2.44. The molecule has 0 saturated heterocycles. The molecular formula is C24H19Cl2NO3. The third-order valence-electron chi connectivity index (χ3n) is 5.42. The maximum absolute atomic E-state index is 13.5. The summed E-state index contributed by atoms with van der Waals surface area (Å²) in [5.74, 6) is -1.50. The Morgan fingerprint density at radius 2 is 1.67 bits per heavy atom. The van der Waals surface area contributed by atoms with Crippen molar-refractivity contribution < 1.29 is 14.3 Å². The smallest absolute Gasteiger partial charge is 0.179 e. The van der Waals surface area contributed by atoms with Crippen molar-refractivity contribution in [1.82, 2.24) is 4.98 Å². The zero-order chi connectivity index (χ0) is 21.5. The van der Waals surface area contributed by atoms with E-state index in [9.17, 15) is 9.59 Å². The molecule has 0 N–H and O–H groups in total. The molecule has 1 heterocycles. The number of nitrogens with zero attached hydrogens (tertiary/aromatic N) is 1. The van der Waals surface area contributed by atoms with E-state index in [1.165, 1.54) is 0 Å². The van der Waals surface area contributed by atoms with Gasteiger partial charge in [0.25, 0.3) is 0 Å². The number of rotatable bonds is 4. The van der Waals surface area contributed by atoms with Gasteiger partial charge in [-0.05, 0) is 43.7 Å². The van der Waals surface area contributed by atoms with E-state index in [2.05, 4.69) is 4.98 Å². The maximum Gasteiger partial charge on any atom is 0.179 e. The highest BCUT2D eigenvalue weighted by Crippen LogP contribution is 2.46. The number of halogens is 2. The maximum atomic E-state index is 13.5. The third-order valence-corrected chi connectivity index (χ3v) is 6.04. The molecule has 0 saturated carbocycles. The number of carbonyl (C=O) groups is 2. The van der Waals surface area contributed by atoms with Crippen LogP contribution < -0.4 is 4.74 Å². The van der Waals surface area contributed by atoms with Gasteiger partial charge >= 0.3 is 0 Å². The van der Waals surface area contributed by atoms with Gasteiger partial charge in [-0.15, -0.1) is 0 Å². The molecule has 2 aromatic carbocycles. The Kier molecular flexibility index (Phi) is 5.39. The number of hydrogen-bond acceptors (Lipinski definition) is 4. The van der Waals surface area contributed by atoms with Crippen LogP contribution in [0.1, 0.15) is 46.9 Å². The van der Waals surface area contributed by atoms with Crippen molar-refractivity contribution in [3.05, 3.63) is 93.2 Å². The average molecular weight is 440 g/mol. The number of hydrogen-bond donors (Lipinski definition) is 0. The van der Waals surface area contributed by atoms with Crippen molar-refractivity contribution in [2.75, 3.05) is 0 Å². The first-order valence-electron chi connectivity index (χ1n) is 9.51. The van der Waals surface area contributed by atoms with E-state index in [1.54, 1.807) is 44.3 Å². The number of pyridine rings is 1. The topological polar surface area (TPSA) is 56.3 Å². The summed E-state index contributed by atoms with van der Waals surface area (Å²) < 4.78 is 6.00. The normalized spacial score (nSPS) is 17.5. The fourth-order valence-corrected chi connectivity index (χ4v) is 4.29. The summed E-state index contributed by atoms with van der Waals surface area (Å²) in [6.45, 7) is 3.76.